The van der Waals surface area contributed by atoms with E-state index in [4.69, 9.17) is 16.1 Å². The lowest BCUT2D eigenvalue weighted by Crippen LogP contribution is -2.52. The second-order valence-corrected chi connectivity index (χ2v) is 6.10. The van der Waals surface area contributed by atoms with E-state index in [0.717, 1.165) is 25.2 Å². The number of rotatable bonds is 4. The summed E-state index contributed by atoms with van der Waals surface area (Å²) in [6.07, 6.45) is 0.836. The number of aryl methyl sites for hydroxylation is 1. The summed E-state index contributed by atoms with van der Waals surface area (Å²) in [5.41, 5.74) is 0.839. The Morgan fingerprint density at radius 3 is 2.96 bits per heavy atom. The van der Waals surface area contributed by atoms with Crippen LogP contribution in [0, 0.1) is 0 Å². The van der Waals surface area contributed by atoms with Gasteiger partial charge in [0.25, 0.3) is 0 Å². The van der Waals surface area contributed by atoms with E-state index in [0.29, 0.717) is 29.6 Å². The molecule has 3 rings (SSSR count). The van der Waals surface area contributed by atoms with Gasteiger partial charge >= 0.3 is 0 Å². The third-order valence-corrected chi connectivity index (χ3v) is 4.20. The van der Waals surface area contributed by atoms with Crippen LogP contribution >= 0.6 is 11.6 Å². The van der Waals surface area contributed by atoms with E-state index in [9.17, 15) is 4.79 Å². The number of carbonyl (C=O) groups excluding carboxylic acids is 1. The van der Waals surface area contributed by atoms with E-state index < -0.39 is 0 Å². The van der Waals surface area contributed by atoms with Crippen LogP contribution in [0.5, 0.6) is 0 Å². The fraction of sp³-hybridized carbons (Fsp3) is 0.438. The van der Waals surface area contributed by atoms with Crippen LogP contribution in [0.25, 0.3) is 11.4 Å². The Bertz CT molecular complexity index is 671. The summed E-state index contributed by atoms with van der Waals surface area (Å²) in [6.45, 7) is 4.49. The van der Waals surface area contributed by atoms with Gasteiger partial charge in [0.15, 0.2) is 0 Å². The first kappa shape index (κ1) is 16.0. The molecule has 1 amide bonds. The molecule has 1 aromatic carbocycles. The first-order valence-corrected chi connectivity index (χ1v) is 8.10. The molecule has 1 atom stereocenters. The quantitative estimate of drug-likeness (QED) is 0.927. The molecule has 1 saturated heterocycles. The average molecular weight is 335 g/mol. The number of halogens is 1. The van der Waals surface area contributed by atoms with Gasteiger partial charge in [-0.15, -0.1) is 0 Å². The van der Waals surface area contributed by atoms with Crippen molar-refractivity contribution in [2.75, 3.05) is 19.6 Å². The number of aromatic nitrogens is 2. The van der Waals surface area contributed by atoms with Gasteiger partial charge in [-0.25, -0.2) is 0 Å². The van der Waals surface area contributed by atoms with E-state index in [1.165, 1.54) is 0 Å². The van der Waals surface area contributed by atoms with Crippen LogP contribution in [0.4, 0.5) is 0 Å². The number of benzene rings is 1. The van der Waals surface area contributed by atoms with Crippen LogP contribution in [0.3, 0.4) is 0 Å². The van der Waals surface area contributed by atoms with Crippen LogP contribution < -0.4 is 5.32 Å². The Morgan fingerprint density at radius 1 is 1.43 bits per heavy atom. The van der Waals surface area contributed by atoms with E-state index in [-0.39, 0.29) is 11.9 Å². The number of amides is 1. The Balaban J connectivity index is 1.58. The van der Waals surface area contributed by atoms with Gasteiger partial charge in [-0.3, -0.25) is 4.79 Å². The fourth-order valence-electron chi connectivity index (χ4n) is 2.64. The van der Waals surface area contributed by atoms with E-state index in [1.807, 2.05) is 17.0 Å². The monoisotopic (exact) mass is 334 g/mol. The molecule has 1 N–H and O–H groups in total. The van der Waals surface area contributed by atoms with Crippen molar-refractivity contribution >= 4 is 17.5 Å². The number of nitrogens with zero attached hydrogens (tertiary/aromatic N) is 3. The molecular weight excluding hydrogens is 316 g/mol. The van der Waals surface area contributed by atoms with Crippen molar-refractivity contribution in [3.05, 3.63) is 35.2 Å². The van der Waals surface area contributed by atoms with Crippen molar-refractivity contribution in [1.29, 1.82) is 0 Å². The van der Waals surface area contributed by atoms with Crippen molar-refractivity contribution in [1.82, 2.24) is 20.4 Å². The van der Waals surface area contributed by atoms with Gasteiger partial charge in [-0.2, -0.15) is 4.98 Å². The molecule has 1 aliphatic heterocycles. The molecule has 0 saturated carbocycles. The van der Waals surface area contributed by atoms with Gasteiger partial charge in [0.05, 0.1) is 0 Å². The first-order chi connectivity index (χ1) is 11.1. The summed E-state index contributed by atoms with van der Waals surface area (Å²) in [7, 11) is 0. The molecular formula is C16H19ClN4O2. The maximum Gasteiger partial charge on any atom is 0.227 e. The predicted molar refractivity (Wildman–Crippen MR) is 87.1 cm³/mol. The highest BCUT2D eigenvalue weighted by Gasteiger charge is 2.23. The maximum absolute atomic E-state index is 12.3. The number of nitrogens with one attached hydrogen (secondary N) is 1. The molecule has 2 aromatic rings. The molecule has 122 valence electrons. The molecule has 23 heavy (non-hydrogen) atoms. The predicted octanol–water partition coefficient (Wildman–Crippen LogP) is 2.14. The van der Waals surface area contributed by atoms with Gasteiger partial charge in [-0.05, 0) is 31.2 Å². The third-order valence-electron chi connectivity index (χ3n) is 3.94. The molecule has 1 aliphatic rings. The van der Waals surface area contributed by atoms with Crippen molar-refractivity contribution in [3.8, 4) is 11.4 Å². The standard InChI is InChI=1S/C16H19ClN4O2/c1-11-10-18-8-9-21(11)15(22)7-6-14-19-16(20-23-14)12-2-4-13(17)5-3-12/h2-5,11,18H,6-10H2,1H3/t11-/m0/s1. The lowest BCUT2D eigenvalue weighted by molar-refractivity contribution is -0.134. The van der Waals surface area contributed by atoms with Crippen LogP contribution in [-0.2, 0) is 11.2 Å². The van der Waals surface area contributed by atoms with Crippen molar-refractivity contribution in [2.45, 2.75) is 25.8 Å². The second kappa shape index (κ2) is 7.10. The Kier molecular flexibility index (Phi) is 4.93. The molecule has 6 nitrogen and oxygen atoms in total. The number of hydrogen-bond acceptors (Lipinski definition) is 5. The molecule has 0 aliphatic carbocycles. The SMILES string of the molecule is C[C@H]1CNCCN1C(=O)CCc1nc(-c2ccc(Cl)cc2)no1. The zero-order chi connectivity index (χ0) is 16.2. The van der Waals surface area contributed by atoms with Gasteiger partial charge in [0.2, 0.25) is 17.6 Å². The smallest absolute Gasteiger partial charge is 0.227 e. The van der Waals surface area contributed by atoms with Gasteiger partial charge in [0, 0.05) is 49.1 Å². The Labute approximate surface area is 139 Å². The molecule has 7 heteroatoms. The van der Waals surface area contributed by atoms with Gasteiger partial charge in [0.1, 0.15) is 0 Å². The van der Waals surface area contributed by atoms with Crippen LogP contribution in [0.2, 0.25) is 5.02 Å². The lowest BCUT2D eigenvalue weighted by atomic mass is 10.2. The van der Waals surface area contributed by atoms with E-state index in [2.05, 4.69) is 22.4 Å². The topological polar surface area (TPSA) is 71.3 Å². The number of hydrogen-bond donors (Lipinski definition) is 1. The van der Waals surface area contributed by atoms with Crippen LogP contribution in [0.1, 0.15) is 19.2 Å². The van der Waals surface area contributed by atoms with Crippen LogP contribution in [0.15, 0.2) is 28.8 Å². The average Bonchev–Trinajstić information content (AvgIpc) is 3.03. The molecule has 1 fully saturated rings. The minimum Gasteiger partial charge on any atom is -0.339 e. The first-order valence-electron chi connectivity index (χ1n) is 7.72. The molecule has 0 radical (unpaired) electrons. The zero-order valence-electron chi connectivity index (χ0n) is 13.0. The third kappa shape index (κ3) is 3.89. The maximum atomic E-state index is 12.3. The van der Waals surface area contributed by atoms with Gasteiger partial charge < -0.3 is 14.7 Å². The summed E-state index contributed by atoms with van der Waals surface area (Å²) in [5, 5.41) is 7.89. The lowest BCUT2D eigenvalue weighted by Gasteiger charge is -2.34. The molecule has 0 bridgehead atoms. The van der Waals surface area contributed by atoms with Crippen molar-refractivity contribution < 1.29 is 9.32 Å². The molecule has 2 heterocycles. The molecule has 0 spiro atoms. The summed E-state index contributed by atoms with van der Waals surface area (Å²) >= 11 is 5.86. The molecule has 1 aromatic heterocycles. The Morgan fingerprint density at radius 2 is 2.22 bits per heavy atom. The Hall–Kier alpha value is -1.92. The largest absolute Gasteiger partial charge is 0.339 e. The highest BCUT2D eigenvalue weighted by molar-refractivity contribution is 6.30. The van der Waals surface area contributed by atoms with E-state index in [1.54, 1.807) is 12.1 Å². The van der Waals surface area contributed by atoms with Crippen molar-refractivity contribution in [3.63, 3.8) is 0 Å². The fourth-order valence-corrected chi connectivity index (χ4v) is 2.77. The zero-order valence-corrected chi connectivity index (χ0v) is 13.7. The van der Waals surface area contributed by atoms with Crippen molar-refractivity contribution in [2.24, 2.45) is 0 Å². The highest BCUT2D eigenvalue weighted by atomic mass is 35.5. The van der Waals surface area contributed by atoms with Gasteiger partial charge in [-0.1, -0.05) is 16.8 Å². The minimum absolute atomic E-state index is 0.130. The second-order valence-electron chi connectivity index (χ2n) is 5.66. The number of piperazine rings is 1. The highest BCUT2D eigenvalue weighted by Crippen LogP contribution is 2.19. The summed E-state index contributed by atoms with van der Waals surface area (Å²) in [6, 6.07) is 7.46. The number of carbonyl (C=O) groups is 1. The summed E-state index contributed by atoms with van der Waals surface area (Å²) < 4.78 is 5.24. The normalized spacial score (nSPS) is 18.2. The summed E-state index contributed by atoms with van der Waals surface area (Å²) in [5.74, 6) is 1.12. The minimum atomic E-state index is 0.130. The van der Waals surface area contributed by atoms with E-state index >= 15 is 0 Å². The van der Waals surface area contributed by atoms with Crippen LogP contribution in [-0.4, -0.2) is 46.6 Å². The molecule has 0 unspecified atom stereocenters. The summed E-state index contributed by atoms with van der Waals surface area (Å²) in [4.78, 5) is 18.5.